The van der Waals surface area contributed by atoms with E-state index in [9.17, 15) is 4.79 Å². The molecule has 2 atom stereocenters. The third-order valence-corrected chi connectivity index (χ3v) is 2.73. The maximum Gasteiger partial charge on any atom is 0.233 e. The lowest BCUT2D eigenvalue weighted by Gasteiger charge is -2.16. The SMILES string of the molecule is COc1cccc(C(C)NC(=O)C(C)Br)c1. The van der Waals surface area contributed by atoms with E-state index in [1.165, 1.54) is 0 Å². The van der Waals surface area contributed by atoms with Gasteiger partial charge in [0.05, 0.1) is 18.0 Å². The molecule has 0 spiro atoms. The minimum Gasteiger partial charge on any atom is -0.497 e. The van der Waals surface area contributed by atoms with Gasteiger partial charge in [0.15, 0.2) is 0 Å². The standard InChI is InChI=1S/C12H16BrNO2/c1-8(13)12(15)14-9(2)10-5-4-6-11(7-10)16-3/h4-9H,1-3H3,(H,14,15). The molecule has 0 aliphatic carbocycles. The summed E-state index contributed by atoms with van der Waals surface area (Å²) in [5, 5.41) is 2.91. The van der Waals surface area contributed by atoms with Gasteiger partial charge in [0.2, 0.25) is 5.91 Å². The van der Waals surface area contributed by atoms with E-state index in [2.05, 4.69) is 21.2 Å². The van der Waals surface area contributed by atoms with Crippen LogP contribution in [-0.2, 0) is 4.79 Å². The number of ether oxygens (including phenoxy) is 1. The zero-order chi connectivity index (χ0) is 12.1. The Morgan fingerprint density at radius 2 is 2.12 bits per heavy atom. The van der Waals surface area contributed by atoms with Crippen molar-refractivity contribution in [2.45, 2.75) is 24.7 Å². The topological polar surface area (TPSA) is 38.3 Å². The highest BCUT2D eigenvalue weighted by atomic mass is 79.9. The second kappa shape index (κ2) is 5.89. The number of hydrogen-bond acceptors (Lipinski definition) is 2. The molecule has 0 aromatic heterocycles. The van der Waals surface area contributed by atoms with Gasteiger partial charge in [-0.1, -0.05) is 28.1 Å². The number of nitrogens with one attached hydrogen (secondary N) is 1. The molecule has 2 unspecified atom stereocenters. The molecule has 4 heteroatoms. The number of methoxy groups -OCH3 is 1. The summed E-state index contributed by atoms with van der Waals surface area (Å²) in [7, 11) is 1.63. The first-order valence-corrected chi connectivity index (χ1v) is 6.04. The smallest absolute Gasteiger partial charge is 0.233 e. The van der Waals surface area contributed by atoms with Crippen molar-refractivity contribution in [3.8, 4) is 5.75 Å². The van der Waals surface area contributed by atoms with Crippen LogP contribution >= 0.6 is 15.9 Å². The first-order chi connectivity index (χ1) is 7.54. The normalized spacial score (nSPS) is 14.0. The van der Waals surface area contributed by atoms with E-state index in [-0.39, 0.29) is 16.8 Å². The van der Waals surface area contributed by atoms with Crippen LogP contribution in [0.3, 0.4) is 0 Å². The molecule has 0 saturated heterocycles. The van der Waals surface area contributed by atoms with Gasteiger partial charge in [0, 0.05) is 0 Å². The highest BCUT2D eigenvalue weighted by Crippen LogP contribution is 2.19. The van der Waals surface area contributed by atoms with Crippen LogP contribution in [0.4, 0.5) is 0 Å². The van der Waals surface area contributed by atoms with Crippen molar-refractivity contribution in [1.29, 1.82) is 0 Å². The van der Waals surface area contributed by atoms with Crippen molar-refractivity contribution in [1.82, 2.24) is 5.32 Å². The Balaban J connectivity index is 2.72. The van der Waals surface area contributed by atoms with Gasteiger partial charge in [-0.25, -0.2) is 0 Å². The number of amides is 1. The molecule has 16 heavy (non-hydrogen) atoms. The van der Waals surface area contributed by atoms with Gasteiger partial charge in [-0.2, -0.15) is 0 Å². The average Bonchev–Trinajstić information content (AvgIpc) is 2.28. The molecule has 1 rings (SSSR count). The summed E-state index contributed by atoms with van der Waals surface area (Å²) >= 11 is 3.23. The van der Waals surface area contributed by atoms with Crippen molar-refractivity contribution in [2.75, 3.05) is 7.11 Å². The fraction of sp³-hybridized carbons (Fsp3) is 0.417. The van der Waals surface area contributed by atoms with Gasteiger partial charge in [0.1, 0.15) is 5.75 Å². The van der Waals surface area contributed by atoms with E-state index in [1.54, 1.807) is 14.0 Å². The first-order valence-electron chi connectivity index (χ1n) is 5.13. The predicted molar refractivity (Wildman–Crippen MR) is 67.9 cm³/mol. The summed E-state index contributed by atoms with van der Waals surface area (Å²) in [4.78, 5) is 11.3. The number of hydrogen-bond donors (Lipinski definition) is 1. The molecule has 1 aromatic carbocycles. The Labute approximate surface area is 104 Å². The second-order valence-corrected chi connectivity index (χ2v) is 5.00. The average molecular weight is 286 g/mol. The lowest BCUT2D eigenvalue weighted by molar-refractivity contribution is -0.120. The molecule has 3 nitrogen and oxygen atoms in total. The van der Waals surface area contributed by atoms with Crippen molar-refractivity contribution in [2.24, 2.45) is 0 Å². The van der Waals surface area contributed by atoms with Gasteiger partial charge in [-0.05, 0) is 31.5 Å². The molecule has 0 heterocycles. The van der Waals surface area contributed by atoms with Crippen LogP contribution in [0.2, 0.25) is 0 Å². The van der Waals surface area contributed by atoms with Gasteiger partial charge in [0.25, 0.3) is 0 Å². The van der Waals surface area contributed by atoms with E-state index in [0.717, 1.165) is 11.3 Å². The number of rotatable bonds is 4. The Morgan fingerprint density at radius 3 is 2.69 bits per heavy atom. The molecule has 1 amide bonds. The first kappa shape index (κ1) is 13.0. The van der Waals surface area contributed by atoms with Gasteiger partial charge >= 0.3 is 0 Å². The molecule has 1 N–H and O–H groups in total. The van der Waals surface area contributed by atoms with Gasteiger partial charge < -0.3 is 10.1 Å². The molecular formula is C12H16BrNO2. The Bertz CT molecular complexity index is 366. The van der Waals surface area contributed by atoms with Crippen LogP contribution < -0.4 is 10.1 Å². The van der Waals surface area contributed by atoms with Crippen LogP contribution in [0.25, 0.3) is 0 Å². The van der Waals surface area contributed by atoms with E-state index < -0.39 is 0 Å². The van der Waals surface area contributed by atoms with Crippen LogP contribution in [0.5, 0.6) is 5.75 Å². The Hall–Kier alpha value is -1.03. The van der Waals surface area contributed by atoms with Crippen LogP contribution in [-0.4, -0.2) is 17.8 Å². The van der Waals surface area contributed by atoms with E-state index in [1.807, 2.05) is 31.2 Å². The summed E-state index contributed by atoms with van der Waals surface area (Å²) < 4.78 is 5.14. The van der Waals surface area contributed by atoms with Crippen molar-refractivity contribution < 1.29 is 9.53 Å². The molecular weight excluding hydrogens is 270 g/mol. The fourth-order valence-electron chi connectivity index (χ4n) is 1.32. The molecule has 88 valence electrons. The van der Waals surface area contributed by atoms with Crippen molar-refractivity contribution in [3.63, 3.8) is 0 Å². The van der Waals surface area contributed by atoms with E-state index in [4.69, 9.17) is 4.74 Å². The van der Waals surface area contributed by atoms with Crippen LogP contribution in [0, 0.1) is 0 Å². The zero-order valence-corrected chi connectivity index (χ0v) is 11.2. The number of alkyl halides is 1. The maximum absolute atomic E-state index is 11.5. The van der Waals surface area contributed by atoms with E-state index >= 15 is 0 Å². The van der Waals surface area contributed by atoms with Gasteiger partial charge in [-0.15, -0.1) is 0 Å². The Morgan fingerprint density at radius 1 is 1.44 bits per heavy atom. The molecule has 0 saturated carbocycles. The fourth-order valence-corrected chi connectivity index (χ4v) is 1.45. The number of halogens is 1. The summed E-state index contributed by atoms with van der Waals surface area (Å²) in [5.41, 5.74) is 1.03. The monoisotopic (exact) mass is 285 g/mol. The van der Waals surface area contributed by atoms with Crippen molar-refractivity contribution in [3.05, 3.63) is 29.8 Å². The molecule has 0 aliphatic rings. The minimum atomic E-state index is -0.180. The van der Waals surface area contributed by atoms with Crippen molar-refractivity contribution >= 4 is 21.8 Å². The maximum atomic E-state index is 11.5. The van der Waals surface area contributed by atoms with E-state index in [0.29, 0.717) is 0 Å². The highest BCUT2D eigenvalue weighted by Gasteiger charge is 2.13. The number of carbonyl (C=O) groups is 1. The van der Waals surface area contributed by atoms with Gasteiger partial charge in [-0.3, -0.25) is 4.79 Å². The minimum absolute atomic E-state index is 0.0182. The molecule has 0 fully saturated rings. The molecule has 1 aromatic rings. The third-order valence-electron chi connectivity index (χ3n) is 2.31. The van der Waals surface area contributed by atoms with Crippen LogP contribution in [0.1, 0.15) is 25.5 Å². The lowest BCUT2D eigenvalue weighted by atomic mass is 10.1. The molecule has 0 radical (unpaired) electrons. The highest BCUT2D eigenvalue weighted by molar-refractivity contribution is 9.10. The molecule has 0 aliphatic heterocycles. The summed E-state index contributed by atoms with van der Waals surface area (Å²) in [6.07, 6.45) is 0. The summed E-state index contributed by atoms with van der Waals surface area (Å²) in [6.45, 7) is 3.75. The zero-order valence-electron chi connectivity index (χ0n) is 9.66. The predicted octanol–water partition coefficient (Wildman–Crippen LogP) is 2.66. The summed E-state index contributed by atoms with van der Waals surface area (Å²) in [5.74, 6) is 0.779. The largest absolute Gasteiger partial charge is 0.497 e. The second-order valence-electron chi connectivity index (χ2n) is 3.62. The lowest BCUT2D eigenvalue weighted by Crippen LogP contribution is -2.31. The number of benzene rings is 1. The third kappa shape index (κ3) is 3.52. The van der Waals surface area contributed by atoms with Crippen LogP contribution in [0.15, 0.2) is 24.3 Å². The molecule has 0 bridgehead atoms. The Kier molecular flexibility index (Phi) is 4.80. The quantitative estimate of drug-likeness (QED) is 0.864. The summed E-state index contributed by atoms with van der Waals surface area (Å²) in [6, 6.07) is 7.65. The number of carbonyl (C=O) groups excluding carboxylic acids is 1.